The first-order valence-corrected chi connectivity index (χ1v) is 11.1. The predicted octanol–water partition coefficient (Wildman–Crippen LogP) is 6.94. The number of hydrogen-bond acceptors (Lipinski definition) is 4. The number of fused-ring (bicyclic) bond motifs is 1. The summed E-state index contributed by atoms with van der Waals surface area (Å²) < 4.78 is 13.3. The molecule has 0 saturated carbocycles. The van der Waals surface area contributed by atoms with Crippen LogP contribution in [-0.4, -0.2) is 22.6 Å². The van der Waals surface area contributed by atoms with Gasteiger partial charge in [-0.25, -0.2) is 9.78 Å². The molecule has 6 heteroatoms. The highest BCUT2D eigenvalue weighted by Gasteiger charge is 2.17. The van der Waals surface area contributed by atoms with Crippen molar-refractivity contribution in [2.75, 3.05) is 7.11 Å². The molecule has 0 spiro atoms. The maximum absolute atomic E-state index is 12.9. The largest absolute Gasteiger partial charge is 0.497 e. The van der Waals surface area contributed by atoms with Gasteiger partial charge in [-0.05, 0) is 87.0 Å². The highest BCUT2D eigenvalue weighted by Crippen LogP contribution is 2.28. The average Bonchev–Trinajstić information content (AvgIpc) is 3.16. The number of ether oxygens (including phenoxy) is 2. The number of carbonyl (C=O) groups excluding carboxylic acids is 1. The summed E-state index contributed by atoms with van der Waals surface area (Å²) in [4.78, 5) is 17.8. The minimum atomic E-state index is -0.475. The molecule has 0 aliphatic rings. The third-order valence-corrected chi connectivity index (χ3v) is 5.56. The van der Waals surface area contributed by atoms with E-state index in [4.69, 9.17) is 26.1 Å². The van der Waals surface area contributed by atoms with Crippen LogP contribution in [0.5, 0.6) is 5.75 Å². The second kappa shape index (κ2) is 9.51. The van der Waals surface area contributed by atoms with Crippen molar-refractivity contribution in [3.8, 4) is 5.75 Å². The van der Waals surface area contributed by atoms with Crippen LogP contribution in [0.4, 0.5) is 0 Å². The standard InChI is InChI=1S/C27H25ClN2O3/c1-17(2)30-24-14-5-18(3)15-23(24)29-26(30)16-25(19-8-12-22(32-4)13-9-19)33-27(31)20-6-10-21(28)11-7-20/h5-17H,1-4H3/b25-16+. The lowest BCUT2D eigenvalue weighted by Gasteiger charge is -2.14. The van der Waals surface area contributed by atoms with Crippen LogP contribution in [0.15, 0.2) is 66.7 Å². The first-order valence-electron chi connectivity index (χ1n) is 10.7. The zero-order chi connectivity index (χ0) is 23.5. The topological polar surface area (TPSA) is 53.4 Å². The Labute approximate surface area is 198 Å². The van der Waals surface area contributed by atoms with E-state index in [1.165, 1.54) is 0 Å². The van der Waals surface area contributed by atoms with Gasteiger partial charge in [0.15, 0.2) is 0 Å². The Balaban J connectivity index is 1.82. The van der Waals surface area contributed by atoms with Crippen molar-refractivity contribution >= 4 is 40.4 Å². The Morgan fingerprint density at radius 1 is 1.00 bits per heavy atom. The SMILES string of the molecule is COc1ccc(/C(=C\c2nc3cc(C)ccc3n2C(C)C)OC(=O)c2ccc(Cl)cc2)cc1. The average molecular weight is 461 g/mol. The number of esters is 1. The second-order valence-electron chi connectivity index (χ2n) is 8.06. The van der Waals surface area contributed by atoms with E-state index in [1.54, 1.807) is 31.4 Å². The Morgan fingerprint density at radius 3 is 2.30 bits per heavy atom. The molecule has 5 nitrogen and oxygen atoms in total. The molecule has 0 aliphatic carbocycles. The van der Waals surface area contributed by atoms with Crippen molar-refractivity contribution in [1.82, 2.24) is 9.55 Å². The Hall–Kier alpha value is -3.57. The van der Waals surface area contributed by atoms with Crippen molar-refractivity contribution in [1.29, 1.82) is 0 Å². The minimum absolute atomic E-state index is 0.160. The highest BCUT2D eigenvalue weighted by atomic mass is 35.5. The van der Waals surface area contributed by atoms with Crippen molar-refractivity contribution < 1.29 is 14.3 Å². The molecule has 0 unspecified atom stereocenters. The predicted molar refractivity (Wildman–Crippen MR) is 133 cm³/mol. The van der Waals surface area contributed by atoms with Gasteiger partial charge in [0.25, 0.3) is 0 Å². The molecular formula is C27H25ClN2O3. The fraction of sp³-hybridized carbons (Fsp3) is 0.185. The smallest absolute Gasteiger partial charge is 0.343 e. The van der Waals surface area contributed by atoms with Gasteiger partial charge in [-0.3, -0.25) is 0 Å². The van der Waals surface area contributed by atoms with Crippen LogP contribution in [0.2, 0.25) is 5.02 Å². The number of imidazole rings is 1. The van der Waals surface area contributed by atoms with Gasteiger partial charge in [0.1, 0.15) is 17.3 Å². The Kier molecular flexibility index (Phi) is 6.52. The van der Waals surface area contributed by atoms with E-state index in [0.29, 0.717) is 27.9 Å². The zero-order valence-corrected chi connectivity index (χ0v) is 19.8. The summed E-state index contributed by atoms with van der Waals surface area (Å²) >= 11 is 5.96. The normalized spacial score (nSPS) is 11.8. The summed E-state index contributed by atoms with van der Waals surface area (Å²) in [7, 11) is 1.61. The van der Waals surface area contributed by atoms with Crippen LogP contribution >= 0.6 is 11.6 Å². The molecule has 0 atom stereocenters. The summed E-state index contributed by atoms with van der Waals surface area (Å²) in [5.74, 6) is 1.34. The van der Waals surface area contributed by atoms with Crippen LogP contribution in [0, 0.1) is 6.92 Å². The van der Waals surface area contributed by atoms with Crippen LogP contribution in [-0.2, 0) is 4.74 Å². The quantitative estimate of drug-likeness (QED) is 0.231. The van der Waals surface area contributed by atoms with Gasteiger partial charge in [0.05, 0.1) is 23.7 Å². The lowest BCUT2D eigenvalue weighted by molar-refractivity contribution is 0.0693. The van der Waals surface area contributed by atoms with E-state index in [1.807, 2.05) is 37.3 Å². The molecule has 1 aromatic heterocycles. The Morgan fingerprint density at radius 2 is 1.67 bits per heavy atom. The molecule has 0 saturated heterocycles. The van der Waals surface area contributed by atoms with E-state index in [0.717, 1.165) is 22.2 Å². The molecule has 4 aromatic rings. The van der Waals surface area contributed by atoms with Gasteiger partial charge in [0.2, 0.25) is 0 Å². The van der Waals surface area contributed by atoms with Gasteiger partial charge >= 0.3 is 5.97 Å². The lowest BCUT2D eigenvalue weighted by Crippen LogP contribution is -2.07. The fourth-order valence-corrected chi connectivity index (χ4v) is 3.79. The molecule has 168 valence electrons. The van der Waals surface area contributed by atoms with E-state index >= 15 is 0 Å². The first kappa shape index (κ1) is 22.6. The fourth-order valence-electron chi connectivity index (χ4n) is 3.66. The van der Waals surface area contributed by atoms with E-state index < -0.39 is 5.97 Å². The van der Waals surface area contributed by atoms with Crippen molar-refractivity contribution in [3.63, 3.8) is 0 Å². The molecule has 33 heavy (non-hydrogen) atoms. The van der Waals surface area contributed by atoms with Crippen LogP contribution in [0.25, 0.3) is 22.9 Å². The number of rotatable bonds is 6. The molecule has 0 radical (unpaired) electrons. The number of nitrogens with zero attached hydrogens (tertiary/aromatic N) is 2. The van der Waals surface area contributed by atoms with E-state index in [-0.39, 0.29) is 6.04 Å². The first-order chi connectivity index (χ1) is 15.9. The summed E-state index contributed by atoms with van der Waals surface area (Å²) in [6.07, 6.45) is 1.81. The third kappa shape index (κ3) is 4.94. The second-order valence-corrected chi connectivity index (χ2v) is 8.50. The van der Waals surface area contributed by atoms with Crippen molar-refractivity contribution in [2.24, 2.45) is 0 Å². The van der Waals surface area contributed by atoms with Crippen LogP contribution < -0.4 is 4.74 Å². The maximum atomic E-state index is 12.9. The lowest BCUT2D eigenvalue weighted by atomic mass is 10.1. The molecule has 0 N–H and O–H groups in total. The van der Waals surface area contributed by atoms with Gasteiger partial charge in [0, 0.05) is 22.7 Å². The number of aromatic nitrogens is 2. The molecule has 4 rings (SSSR count). The molecule has 1 heterocycles. The highest BCUT2D eigenvalue weighted by molar-refractivity contribution is 6.30. The summed E-state index contributed by atoms with van der Waals surface area (Å²) in [6.45, 7) is 6.25. The third-order valence-electron chi connectivity index (χ3n) is 5.31. The Bertz CT molecular complexity index is 1320. The van der Waals surface area contributed by atoms with Gasteiger partial charge in [-0.1, -0.05) is 17.7 Å². The van der Waals surface area contributed by atoms with Crippen molar-refractivity contribution in [3.05, 3.63) is 94.3 Å². The minimum Gasteiger partial charge on any atom is -0.497 e. The van der Waals surface area contributed by atoms with E-state index in [9.17, 15) is 4.79 Å². The monoisotopic (exact) mass is 460 g/mol. The summed E-state index contributed by atoms with van der Waals surface area (Å²) in [5, 5.41) is 0.554. The van der Waals surface area contributed by atoms with Crippen molar-refractivity contribution in [2.45, 2.75) is 26.8 Å². The molecule has 3 aromatic carbocycles. The molecule has 0 fully saturated rings. The van der Waals surface area contributed by atoms with Gasteiger partial charge in [-0.2, -0.15) is 0 Å². The number of methoxy groups -OCH3 is 1. The molecule has 0 bridgehead atoms. The maximum Gasteiger partial charge on any atom is 0.343 e. The number of hydrogen-bond donors (Lipinski definition) is 0. The summed E-state index contributed by atoms with van der Waals surface area (Å²) in [6, 6.07) is 20.3. The number of halogens is 1. The summed E-state index contributed by atoms with van der Waals surface area (Å²) in [5.41, 5.74) is 4.20. The van der Waals surface area contributed by atoms with Gasteiger partial charge in [-0.15, -0.1) is 0 Å². The van der Waals surface area contributed by atoms with Crippen LogP contribution in [0.3, 0.4) is 0 Å². The van der Waals surface area contributed by atoms with Crippen LogP contribution in [0.1, 0.15) is 47.2 Å². The van der Waals surface area contributed by atoms with E-state index in [2.05, 4.69) is 36.6 Å². The van der Waals surface area contributed by atoms with Gasteiger partial charge < -0.3 is 14.0 Å². The number of carbonyl (C=O) groups is 1. The zero-order valence-electron chi connectivity index (χ0n) is 19.0. The molecule has 0 aliphatic heterocycles. The number of benzene rings is 3. The molecular weight excluding hydrogens is 436 g/mol. The number of aryl methyl sites for hydroxylation is 1. The molecule has 0 amide bonds.